The molecule has 0 heterocycles. The highest BCUT2D eigenvalue weighted by Gasteiger charge is 2.01. The largest absolute Gasteiger partial charge is 0.452 e. The molecule has 0 fully saturated rings. The van der Waals surface area contributed by atoms with Crippen molar-refractivity contribution in [3.05, 3.63) is 24.3 Å². The van der Waals surface area contributed by atoms with Crippen molar-refractivity contribution < 1.29 is 9.53 Å². The van der Waals surface area contributed by atoms with Crippen molar-refractivity contribution in [2.75, 3.05) is 26.2 Å². The number of carbonyl (C=O) groups is 1. The average Bonchev–Trinajstić information content (AvgIpc) is 2.73. The Morgan fingerprint density at radius 3 is 2.07 bits per heavy atom. The molecule has 0 aromatic heterocycles. The van der Waals surface area contributed by atoms with Gasteiger partial charge < -0.3 is 4.74 Å². The van der Waals surface area contributed by atoms with Gasteiger partial charge in [-0.3, -0.25) is 9.69 Å². The summed E-state index contributed by atoms with van der Waals surface area (Å²) >= 11 is 0. The Labute approximate surface area is 181 Å². The molecular formula is C26H45NO2. The number of hydrogen-bond acceptors (Lipinski definition) is 3. The predicted octanol–water partition coefficient (Wildman–Crippen LogP) is 6.69. The lowest BCUT2D eigenvalue weighted by atomic mass is 10.1. The molecule has 3 nitrogen and oxygen atoms in total. The van der Waals surface area contributed by atoms with Gasteiger partial charge in [0, 0.05) is 6.42 Å². The smallest absolute Gasteiger partial charge is 0.306 e. The van der Waals surface area contributed by atoms with Crippen LogP contribution in [-0.2, 0) is 9.53 Å². The van der Waals surface area contributed by atoms with Gasteiger partial charge in [0.05, 0.1) is 6.54 Å². The molecule has 0 atom stereocenters. The molecule has 0 bridgehead atoms. The SMILES string of the molecule is CCCCC/C=C\C/C=C\CCCCCCCC(=O)OCC#CCN(CC)CC. The van der Waals surface area contributed by atoms with E-state index in [9.17, 15) is 4.79 Å². The van der Waals surface area contributed by atoms with E-state index in [-0.39, 0.29) is 12.6 Å². The number of hydrogen-bond donors (Lipinski definition) is 0. The van der Waals surface area contributed by atoms with Crippen molar-refractivity contribution in [2.24, 2.45) is 0 Å². The van der Waals surface area contributed by atoms with Crippen LogP contribution in [-0.4, -0.2) is 37.1 Å². The summed E-state index contributed by atoms with van der Waals surface area (Å²) in [5, 5.41) is 0. The molecule has 0 radical (unpaired) electrons. The lowest BCUT2D eigenvalue weighted by Gasteiger charge is -2.13. The number of nitrogens with zero attached hydrogens (tertiary/aromatic N) is 1. The third-order valence-electron chi connectivity index (χ3n) is 4.96. The third kappa shape index (κ3) is 21.0. The van der Waals surface area contributed by atoms with Crippen molar-refractivity contribution in [1.82, 2.24) is 4.90 Å². The first-order valence-corrected chi connectivity index (χ1v) is 11.9. The van der Waals surface area contributed by atoms with E-state index in [1.54, 1.807) is 0 Å². The first-order chi connectivity index (χ1) is 14.2. The highest BCUT2D eigenvalue weighted by atomic mass is 16.5. The molecule has 0 spiro atoms. The highest BCUT2D eigenvalue weighted by molar-refractivity contribution is 5.69. The maximum Gasteiger partial charge on any atom is 0.306 e. The maximum absolute atomic E-state index is 11.7. The Balaban J connectivity index is 3.42. The Kier molecular flexibility index (Phi) is 21.6. The number of allylic oxidation sites excluding steroid dienone is 4. The molecule has 166 valence electrons. The predicted molar refractivity (Wildman–Crippen MR) is 126 cm³/mol. The zero-order valence-electron chi connectivity index (χ0n) is 19.4. The summed E-state index contributed by atoms with van der Waals surface area (Å²) in [7, 11) is 0. The number of rotatable bonds is 18. The van der Waals surface area contributed by atoms with Crippen molar-refractivity contribution in [3.63, 3.8) is 0 Å². The molecule has 3 heteroatoms. The monoisotopic (exact) mass is 403 g/mol. The molecule has 0 rings (SSSR count). The van der Waals surface area contributed by atoms with E-state index < -0.39 is 0 Å². The summed E-state index contributed by atoms with van der Waals surface area (Å²) in [4.78, 5) is 13.9. The second-order valence-corrected chi connectivity index (χ2v) is 7.46. The minimum absolute atomic E-state index is 0.118. The number of carbonyl (C=O) groups excluding carboxylic acids is 1. The topological polar surface area (TPSA) is 29.5 Å². The molecule has 0 aromatic rings. The lowest BCUT2D eigenvalue weighted by Crippen LogP contribution is -2.22. The van der Waals surface area contributed by atoms with Crippen LogP contribution < -0.4 is 0 Å². The number of esters is 1. The molecule has 0 unspecified atom stereocenters. The van der Waals surface area contributed by atoms with Crippen LogP contribution in [0.4, 0.5) is 0 Å². The van der Waals surface area contributed by atoms with E-state index in [0.29, 0.717) is 6.42 Å². The normalized spacial score (nSPS) is 11.3. The fourth-order valence-electron chi connectivity index (χ4n) is 2.94. The average molecular weight is 404 g/mol. The standard InChI is InChI=1S/C26H45NO2/c1-4-7-8-9-10-11-12-13-14-15-16-17-18-19-20-23-26(28)29-25-22-21-24-27(5-2)6-3/h10-11,13-14H,4-9,12,15-20,23-25H2,1-3H3/b11-10-,14-13-. The summed E-state index contributed by atoms with van der Waals surface area (Å²) in [6.45, 7) is 9.45. The first kappa shape index (κ1) is 27.5. The quantitative estimate of drug-likeness (QED) is 0.110. The van der Waals surface area contributed by atoms with E-state index in [1.165, 1.54) is 44.9 Å². The molecule has 0 aromatic carbocycles. The van der Waals surface area contributed by atoms with E-state index in [1.807, 2.05) is 0 Å². The maximum atomic E-state index is 11.7. The minimum Gasteiger partial charge on any atom is -0.452 e. The molecule has 29 heavy (non-hydrogen) atoms. The molecular weight excluding hydrogens is 358 g/mol. The van der Waals surface area contributed by atoms with Crippen molar-refractivity contribution in [3.8, 4) is 11.8 Å². The molecule has 0 aliphatic heterocycles. The molecule has 0 amide bonds. The van der Waals surface area contributed by atoms with Gasteiger partial charge in [0.1, 0.15) is 0 Å². The fourth-order valence-corrected chi connectivity index (χ4v) is 2.94. The fraction of sp³-hybridized carbons (Fsp3) is 0.731. The van der Waals surface area contributed by atoms with Crippen molar-refractivity contribution >= 4 is 5.97 Å². The van der Waals surface area contributed by atoms with Crippen molar-refractivity contribution in [1.29, 1.82) is 0 Å². The van der Waals surface area contributed by atoms with Crippen LogP contribution in [0.2, 0.25) is 0 Å². The van der Waals surface area contributed by atoms with E-state index >= 15 is 0 Å². The van der Waals surface area contributed by atoms with E-state index in [0.717, 1.165) is 45.3 Å². The zero-order valence-corrected chi connectivity index (χ0v) is 19.4. The summed E-state index contributed by atoms with van der Waals surface area (Å²) in [6, 6.07) is 0. The van der Waals surface area contributed by atoms with Gasteiger partial charge in [0.25, 0.3) is 0 Å². The summed E-state index contributed by atoms with van der Waals surface area (Å²) in [5.41, 5.74) is 0. The second-order valence-electron chi connectivity index (χ2n) is 7.46. The summed E-state index contributed by atoms with van der Waals surface area (Å²) in [5.74, 6) is 5.86. The van der Waals surface area contributed by atoms with Crippen LogP contribution in [0.5, 0.6) is 0 Å². The Morgan fingerprint density at radius 2 is 1.41 bits per heavy atom. The van der Waals surface area contributed by atoms with Crippen LogP contribution in [0.25, 0.3) is 0 Å². The lowest BCUT2D eigenvalue weighted by molar-refractivity contribution is -0.142. The van der Waals surface area contributed by atoms with Gasteiger partial charge in [-0.1, -0.05) is 89.0 Å². The summed E-state index contributed by atoms with van der Waals surface area (Å²) in [6.07, 6.45) is 22.8. The van der Waals surface area contributed by atoms with E-state index in [4.69, 9.17) is 4.74 Å². The van der Waals surface area contributed by atoms with Crippen LogP contribution in [0.3, 0.4) is 0 Å². The Bertz CT molecular complexity index is 481. The number of unbranched alkanes of at least 4 members (excludes halogenated alkanes) is 8. The van der Waals surface area contributed by atoms with Gasteiger partial charge in [-0.05, 0) is 51.6 Å². The molecule has 0 saturated heterocycles. The molecule has 0 aliphatic carbocycles. The van der Waals surface area contributed by atoms with Crippen molar-refractivity contribution in [2.45, 2.75) is 97.8 Å². The zero-order chi connectivity index (χ0) is 21.4. The van der Waals surface area contributed by atoms with Gasteiger partial charge in [-0.25, -0.2) is 0 Å². The minimum atomic E-state index is -0.118. The highest BCUT2D eigenvalue weighted by Crippen LogP contribution is 2.08. The second kappa shape index (κ2) is 22.8. The Hall–Kier alpha value is -1.53. The van der Waals surface area contributed by atoms with Gasteiger partial charge in [0.15, 0.2) is 6.61 Å². The van der Waals surface area contributed by atoms with E-state index in [2.05, 4.69) is 61.8 Å². The van der Waals surface area contributed by atoms with Crippen LogP contribution >= 0.6 is 0 Å². The molecule has 0 N–H and O–H groups in total. The third-order valence-corrected chi connectivity index (χ3v) is 4.96. The van der Waals surface area contributed by atoms with Gasteiger partial charge >= 0.3 is 5.97 Å². The number of ether oxygens (including phenoxy) is 1. The van der Waals surface area contributed by atoms with Gasteiger partial charge in [0.2, 0.25) is 0 Å². The first-order valence-electron chi connectivity index (χ1n) is 11.9. The molecule has 0 aliphatic rings. The van der Waals surface area contributed by atoms with Gasteiger partial charge in [-0.2, -0.15) is 0 Å². The molecule has 0 saturated carbocycles. The van der Waals surface area contributed by atoms with Crippen LogP contribution in [0.1, 0.15) is 97.8 Å². The van der Waals surface area contributed by atoms with Crippen LogP contribution in [0, 0.1) is 11.8 Å². The van der Waals surface area contributed by atoms with Crippen LogP contribution in [0.15, 0.2) is 24.3 Å². The van der Waals surface area contributed by atoms with Gasteiger partial charge in [-0.15, -0.1) is 0 Å². The summed E-state index contributed by atoms with van der Waals surface area (Å²) < 4.78 is 5.16. The Morgan fingerprint density at radius 1 is 0.793 bits per heavy atom.